The molecule has 0 aliphatic heterocycles. The average molecular weight is 360 g/mol. The number of halogens is 1. The summed E-state index contributed by atoms with van der Waals surface area (Å²) in [6.45, 7) is 6.39. The highest BCUT2D eigenvalue weighted by Crippen LogP contribution is 2.35. The molecule has 6 heteroatoms. The molecule has 2 unspecified atom stereocenters. The summed E-state index contributed by atoms with van der Waals surface area (Å²) in [5, 5.41) is 8.05. The highest BCUT2D eigenvalue weighted by atomic mass is 79.9. The number of nitrogens with one attached hydrogen (secondary N) is 1. The van der Waals surface area contributed by atoms with Crippen molar-refractivity contribution in [2.75, 3.05) is 41.8 Å². The molecule has 0 aliphatic carbocycles. The van der Waals surface area contributed by atoms with E-state index in [9.17, 15) is 0 Å². The molecule has 5 nitrogen and oxygen atoms in total. The molecule has 1 N–H and O–H groups in total. The molecule has 0 bridgehead atoms. The summed E-state index contributed by atoms with van der Waals surface area (Å²) in [5.74, 6) is 0. The summed E-state index contributed by atoms with van der Waals surface area (Å²) in [6, 6.07) is 0.205. The third-order valence-corrected chi connectivity index (χ3v) is 5.12. The molecule has 1 rings (SSSR count). The monoisotopic (exact) mass is 359 g/mol. The third-order valence-electron chi connectivity index (χ3n) is 4.51. The molecule has 2 atom stereocenters. The van der Waals surface area contributed by atoms with Crippen molar-refractivity contribution in [2.24, 2.45) is 0 Å². The first kappa shape index (κ1) is 18.6. The maximum absolute atomic E-state index is 4.55. The van der Waals surface area contributed by atoms with Gasteiger partial charge in [-0.2, -0.15) is 5.10 Å². The van der Waals surface area contributed by atoms with E-state index in [-0.39, 0.29) is 11.6 Å². The summed E-state index contributed by atoms with van der Waals surface area (Å²) in [6.07, 6.45) is 2.96. The Balaban J connectivity index is 3.19. The predicted molar refractivity (Wildman–Crippen MR) is 92.7 cm³/mol. The van der Waals surface area contributed by atoms with Crippen molar-refractivity contribution in [3.05, 3.63) is 16.4 Å². The van der Waals surface area contributed by atoms with Crippen LogP contribution in [0.15, 0.2) is 10.7 Å². The van der Waals surface area contributed by atoms with Gasteiger partial charge in [0.2, 0.25) is 0 Å². The van der Waals surface area contributed by atoms with Gasteiger partial charge in [-0.3, -0.25) is 4.68 Å². The minimum Gasteiger partial charge on any atom is -0.310 e. The number of hydrogen-bond donors (Lipinski definition) is 1. The van der Waals surface area contributed by atoms with Gasteiger partial charge < -0.3 is 15.1 Å². The molecular weight excluding hydrogens is 330 g/mol. The average Bonchev–Trinajstić information content (AvgIpc) is 2.78. The van der Waals surface area contributed by atoms with Crippen molar-refractivity contribution < 1.29 is 0 Å². The van der Waals surface area contributed by atoms with Gasteiger partial charge in [0, 0.05) is 12.1 Å². The number of nitrogens with zero attached hydrogens (tertiary/aromatic N) is 4. The minimum absolute atomic E-state index is 0.0210. The number of hydrogen-bond acceptors (Lipinski definition) is 4. The SMILES string of the molecule is CCC(C)(C(NC)c1c(Br)cnn1CCN(C)C)N(C)C. The maximum atomic E-state index is 4.55. The van der Waals surface area contributed by atoms with Crippen molar-refractivity contribution in [2.45, 2.75) is 38.4 Å². The van der Waals surface area contributed by atoms with Crippen molar-refractivity contribution in [3.8, 4) is 0 Å². The molecule has 0 aromatic carbocycles. The molecule has 0 saturated heterocycles. The fourth-order valence-electron chi connectivity index (χ4n) is 2.65. The molecule has 0 amide bonds. The van der Waals surface area contributed by atoms with Crippen LogP contribution in [0, 0.1) is 0 Å². The van der Waals surface area contributed by atoms with Gasteiger partial charge >= 0.3 is 0 Å². The van der Waals surface area contributed by atoms with E-state index in [4.69, 9.17) is 0 Å². The van der Waals surface area contributed by atoms with Crippen LogP contribution in [-0.2, 0) is 6.54 Å². The molecule has 0 spiro atoms. The molecular formula is C15H30BrN5. The standard InChI is InChI=1S/C15H30BrN5/c1-8-15(2,20(6)7)14(17-3)13-12(16)11-18-21(13)10-9-19(4)5/h11,14,17H,8-10H2,1-7H3. The second kappa shape index (κ2) is 7.72. The van der Waals surface area contributed by atoms with Gasteiger partial charge in [-0.25, -0.2) is 0 Å². The zero-order valence-electron chi connectivity index (χ0n) is 14.4. The fourth-order valence-corrected chi connectivity index (χ4v) is 3.18. The lowest BCUT2D eigenvalue weighted by atomic mass is 9.86. The lowest BCUT2D eigenvalue weighted by molar-refractivity contribution is 0.111. The first-order chi connectivity index (χ1) is 9.77. The first-order valence-corrected chi connectivity index (χ1v) is 8.27. The van der Waals surface area contributed by atoms with Gasteiger partial charge in [0.15, 0.2) is 0 Å². The van der Waals surface area contributed by atoms with E-state index in [1.807, 2.05) is 13.2 Å². The normalized spacial score (nSPS) is 16.5. The van der Waals surface area contributed by atoms with E-state index in [1.54, 1.807) is 0 Å². The van der Waals surface area contributed by atoms with Crippen LogP contribution < -0.4 is 5.32 Å². The van der Waals surface area contributed by atoms with Crippen LogP contribution in [0.1, 0.15) is 32.0 Å². The lowest BCUT2D eigenvalue weighted by Gasteiger charge is -2.43. The van der Waals surface area contributed by atoms with Gasteiger partial charge in [0.25, 0.3) is 0 Å². The molecule has 1 aromatic rings. The van der Waals surface area contributed by atoms with Crippen LogP contribution >= 0.6 is 15.9 Å². The van der Waals surface area contributed by atoms with Crippen LogP contribution in [0.2, 0.25) is 0 Å². The third kappa shape index (κ3) is 4.06. The summed E-state index contributed by atoms with van der Waals surface area (Å²) >= 11 is 3.68. The molecule has 1 aromatic heterocycles. The van der Waals surface area contributed by atoms with Crippen LogP contribution in [0.25, 0.3) is 0 Å². The Morgan fingerprint density at radius 3 is 2.43 bits per heavy atom. The van der Waals surface area contributed by atoms with Gasteiger partial charge in [-0.1, -0.05) is 6.92 Å². The first-order valence-electron chi connectivity index (χ1n) is 7.48. The summed E-state index contributed by atoms with van der Waals surface area (Å²) in [4.78, 5) is 4.47. The van der Waals surface area contributed by atoms with Gasteiger partial charge in [-0.15, -0.1) is 0 Å². The van der Waals surface area contributed by atoms with Gasteiger partial charge in [0.1, 0.15) is 0 Å². The summed E-state index contributed by atoms with van der Waals surface area (Å²) in [7, 11) is 10.5. The zero-order chi connectivity index (χ0) is 16.2. The fraction of sp³-hybridized carbons (Fsp3) is 0.800. The number of likely N-dealkylation sites (N-methyl/N-ethyl adjacent to an activating group) is 3. The van der Waals surface area contributed by atoms with E-state index in [0.29, 0.717) is 0 Å². The van der Waals surface area contributed by atoms with E-state index < -0.39 is 0 Å². The zero-order valence-corrected chi connectivity index (χ0v) is 16.0. The second-order valence-electron chi connectivity index (χ2n) is 6.23. The van der Waals surface area contributed by atoms with Crippen LogP contribution in [0.5, 0.6) is 0 Å². The van der Waals surface area contributed by atoms with Crippen LogP contribution in [0.4, 0.5) is 0 Å². The highest BCUT2D eigenvalue weighted by molar-refractivity contribution is 9.10. The molecule has 0 aliphatic rings. The van der Waals surface area contributed by atoms with Crippen molar-refractivity contribution in [3.63, 3.8) is 0 Å². The molecule has 0 fully saturated rings. The Hall–Kier alpha value is -0.430. The summed E-state index contributed by atoms with van der Waals surface area (Å²) < 4.78 is 3.19. The number of rotatable bonds is 8. The number of aromatic nitrogens is 2. The second-order valence-corrected chi connectivity index (χ2v) is 7.09. The van der Waals surface area contributed by atoms with E-state index in [1.165, 1.54) is 5.69 Å². The quantitative estimate of drug-likeness (QED) is 0.771. The van der Waals surface area contributed by atoms with Crippen molar-refractivity contribution in [1.29, 1.82) is 0 Å². The van der Waals surface area contributed by atoms with E-state index >= 15 is 0 Å². The lowest BCUT2D eigenvalue weighted by Crippen LogP contribution is -2.51. The predicted octanol–water partition coefficient (Wildman–Crippen LogP) is 2.20. The molecule has 1 heterocycles. The topological polar surface area (TPSA) is 36.3 Å². The van der Waals surface area contributed by atoms with Crippen molar-refractivity contribution >= 4 is 15.9 Å². The Morgan fingerprint density at radius 2 is 2.00 bits per heavy atom. The van der Waals surface area contributed by atoms with Crippen LogP contribution in [-0.4, -0.2) is 66.9 Å². The minimum atomic E-state index is 0.0210. The smallest absolute Gasteiger partial charge is 0.0715 e. The molecule has 21 heavy (non-hydrogen) atoms. The van der Waals surface area contributed by atoms with E-state index in [2.05, 4.69) is 82.9 Å². The molecule has 0 radical (unpaired) electrons. The van der Waals surface area contributed by atoms with Crippen molar-refractivity contribution in [1.82, 2.24) is 24.9 Å². The Morgan fingerprint density at radius 1 is 1.38 bits per heavy atom. The van der Waals surface area contributed by atoms with Gasteiger partial charge in [0.05, 0.1) is 29.0 Å². The molecule has 0 saturated carbocycles. The van der Waals surface area contributed by atoms with Gasteiger partial charge in [-0.05, 0) is 64.5 Å². The summed E-state index contributed by atoms with van der Waals surface area (Å²) in [5.41, 5.74) is 1.24. The Kier molecular flexibility index (Phi) is 6.84. The Bertz CT molecular complexity index is 443. The van der Waals surface area contributed by atoms with Crippen LogP contribution in [0.3, 0.4) is 0 Å². The Labute approximate surface area is 137 Å². The van der Waals surface area contributed by atoms with E-state index in [0.717, 1.165) is 24.0 Å². The largest absolute Gasteiger partial charge is 0.310 e. The maximum Gasteiger partial charge on any atom is 0.0715 e. The molecule has 122 valence electrons. The highest BCUT2D eigenvalue weighted by Gasteiger charge is 2.38.